The van der Waals surface area contributed by atoms with E-state index in [1.54, 1.807) is 4.90 Å². The number of aryl methyl sites for hydroxylation is 2. The van der Waals surface area contributed by atoms with E-state index >= 15 is 0 Å². The van der Waals surface area contributed by atoms with Crippen molar-refractivity contribution in [3.05, 3.63) is 18.0 Å². The summed E-state index contributed by atoms with van der Waals surface area (Å²) in [4.78, 5) is 15.4. The number of amides is 1. The van der Waals surface area contributed by atoms with Crippen LogP contribution in [-0.4, -0.2) is 69.9 Å². The van der Waals surface area contributed by atoms with Crippen LogP contribution in [0.15, 0.2) is 12.4 Å². The zero-order valence-corrected chi connectivity index (χ0v) is 11.5. The molecule has 0 atom stereocenters. The topological polar surface area (TPSA) is 61.6 Å². The van der Waals surface area contributed by atoms with Crippen molar-refractivity contribution in [3.63, 3.8) is 0 Å². The molecule has 1 amide bonds. The van der Waals surface area contributed by atoms with Crippen molar-refractivity contribution < 1.29 is 9.90 Å². The molecule has 1 aliphatic rings. The Hall–Kier alpha value is -1.40. The first kappa shape index (κ1) is 14.0. The van der Waals surface area contributed by atoms with Crippen LogP contribution >= 0.6 is 0 Å². The predicted molar refractivity (Wildman–Crippen MR) is 71.6 cm³/mol. The number of aliphatic hydroxyl groups excluding tert-OH is 1. The summed E-state index contributed by atoms with van der Waals surface area (Å²) in [6.45, 7) is 3.94. The lowest BCUT2D eigenvalue weighted by atomic mass is 10.2. The summed E-state index contributed by atoms with van der Waals surface area (Å²) in [6, 6.07) is 0. The first-order chi connectivity index (χ1) is 9.19. The predicted octanol–water partition coefficient (Wildman–Crippen LogP) is -0.511. The number of nitrogens with zero attached hydrogens (tertiary/aromatic N) is 4. The van der Waals surface area contributed by atoms with Gasteiger partial charge in [0.05, 0.1) is 6.20 Å². The van der Waals surface area contributed by atoms with Crippen molar-refractivity contribution >= 4 is 5.91 Å². The highest BCUT2D eigenvalue weighted by molar-refractivity contribution is 5.77. The van der Waals surface area contributed by atoms with E-state index in [1.807, 2.05) is 17.9 Å². The number of hydrogen-bond donors (Lipinski definition) is 1. The van der Waals surface area contributed by atoms with Crippen molar-refractivity contribution in [2.24, 2.45) is 7.05 Å². The third-order valence-corrected chi connectivity index (χ3v) is 3.56. The molecule has 0 bridgehead atoms. The molecule has 6 heteroatoms. The van der Waals surface area contributed by atoms with Gasteiger partial charge in [-0.2, -0.15) is 5.10 Å². The van der Waals surface area contributed by atoms with E-state index in [4.69, 9.17) is 5.11 Å². The van der Waals surface area contributed by atoms with Gasteiger partial charge in [0.15, 0.2) is 0 Å². The zero-order chi connectivity index (χ0) is 13.7. The molecule has 0 aliphatic carbocycles. The van der Waals surface area contributed by atoms with Crippen LogP contribution in [0.2, 0.25) is 0 Å². The monoisotopic (exact) mass is 266 g/mol. The van der Waals surface area contributed by atoms with Crippen LogP contribution in [0.5, 0.6) is 0 Å². The molecule has 106 valence electrons. The molecule has 6 nitrogen and oxygen atoms in total. The molecule has 0 radical (unpaired) electrons. The quantitative estimate of drug-likeness (QED) is 0.780. The molecule has 1 fully saturated rings. The van der Waals surface area contributed by atoms with Crippen molar-refractivity contribution in [1.82, 2.24) is 19.6 Å². The van der Waals surface area contributed by atoms with Gasteiger partial charge < -0.3 is 10.0 Å². The molecule has 0 aromatic carbocycles. The molecule has 1 aliphatic heterocycles. The van der Waals surface area contributed by atoms with Gasteiger partial charge in [0, 0.05) is 39.4 Å². The molecule has 0 unspecified atom stereocenters. The highest BCUT2D eigenvalue weighted by Gasteiger charge is 2.19. The molecule has 1 aromatic rings. The Labute approximate surface area is 113 Å². The van der Waals surface area contributed by atoms with Crippen LogP contribution in [0.4, 0.5) is 0 Å². The maximum atomic E-state index is 11.3. The van der Waals surface area contributed by atoms with Gasteiger partial charge in [-0.1, -0.05) is 0 Å². The fourth-order valence-corrected chi connectivity index (χ4v) is 2.43. The smallest absolute Gasteiger partial charge is 0.248 e. The molecule has 19 heavy (non-hydrogen) atoms. The number of piperazine rings is 1. The number of carbonyl (C=O) groups is 1. The van der Waals surface area contributed by atoms with Gasteiger partial charge in [0.1, 0.15) is 6.61 Å². The summed E-state index contributed by atoms with van der Waals surface area (Å²) >= 11 is 0. The molecule has 1 aromatic heterocycles. The van der Waals surface area contributed by atoms with Crippen molar-refractivity contribution in [1.29, 1.82) is 0 Å². The van der Waals surface area contributed by atoms with Crippen LogP contribution in [0.3, 0.4) is 0 Å². The minimum Gasteiger partial charge on any atom is -0.387 e. The third kappa shape index (κ3) is 4.04. The molecule has 0 saturated carbocycles. The average molecular weight is 266 g/mol. The van der Waals surface area contributed by atoms with Gasteiger partial charge in [0.2, 0.25) is 5.91 Å². The van der Waals surface area contributed by atoms with Crippen molar-refractivity contribution in [2.75, 3.05) is 39.3 Å². The molecular formula is C13H22N4O2. The number of aromatic nitrogens is 2. The Bertz CT molecular complexity index is 411. The fourth-order valence-electron chi connectivity index (χ4n) is 2.43. The average Bonchev–Trinajstić information content (AvgIpc) is 2.84. The lowest BCUT2D eigenvalue weighted by Gasteiger charge is -2.34. The zero-order valence-electron chi connectivity index (χ0n) is 11.5. The van der Waals surface area contributed by atoms with Gasteiger partial charge in [-0.15, -0.1) is 0 Å². The van der Waals surface area contributed by atoms with Gasteiger partial charge >= 0.3 is 0 Å². The summed E-state index contributed by atoms with van der Waals surface area (Å²) in [5.74, 6) is -0.157. The Morgan fingerprint density at radius 3 is 2.68 bits per heavy atom. The number of aliphatic hydroxyl groups is 1. The second-order valence-corrected chi connectivity index (χ2v) is 5.01. The third-order valence-electron chi connectivity index (χ3n) is 3.56. The SMILES string of the molecule is Cn1cc(CCCN2CCN(C(=O)CO)CC2)cn1. The molecule has 2 heterocycles. The van der Waals surface area contributed by atoms with Crippen LogP contribution in [-0.2, 0) is 18.3 Å². The highest BCUT2D eigenvalue weighted by Crippen LogP contribution is 2.06. The summed E-state index contributed by atoms with van der Waals surface area (Å²) in [7, 11) is 1.93. The van der Waals surface area contributed by atoms with Crippen LogP contribution < -0.4 is 0 Å². The first-order valence-electron chi connectivity index (χ1n) is 6.77. The lowest BCUT2D eigenvalue weighted by Crippen LogP contribution is -2.49. The van der Waals surface area contributed by atoms with Crippen molar-refractivity contribution in [3.8, 4) is 0 Å². The standard InChI is InChI=1S/C13H22N4O2/c1-15-10-12(9-14-15)3-2-4-16-5-7-17(8-6-16)13(19)11-18/h9-10,18H,2-8,11H2,1H3. The molecule has 2 rings (SSSR count). The maximum Gasteiger partial charge on any atom is 0.248 e. The molecule has 0 spiro atoms. The Balaban J connectivity index is 1.64. The summed E-state index contributed by atoms with van der Waals surface area (Å²) in [6.07, 6.45) is 6.12. The van der Waals surface area contributed by atoms with E-state index < -0.39 is 0 Å². The normalized spacial score (nSPS) is 16.8. The molecule has 1 N–H and O–H groups in total. The molecular weight excluding hydrogens is 244 g/mol. The minimum absolute atomic E-state index is 0.157. The van der Waals surface area contributed by atoms with E-state index in [0.717, 1.165) is 45.6 Å². The van der Waals surface area contributed by atoms with E-state index in [9.17, 15) is 4.79 Å². The van der Waals surface area contributed by atoms with Gasteiger partial charge in [0.25, 0.3) is 0 Å². The second kappa shape index (κ2) is 6.68. The molecule has 1 saturated heterocycles. The largest absolute Gasteiger partial charge is 0.387 e. The fraction of sp³-hybridized carbons (Fsp3) is 0.692. The second-order valence-electron chi connectivity index (χ2n) is 5.01. The van der Waals surface area contributed by atoms with Crippen LogP contribution in [0.1, 0.15) is 12.0 Å². The van der Waals surface area contributed by atoms with E-state index in [-0.39, 0.29) is 12.5 Å². The number of hydrogen-bond acceptors (Lipinski definition) is 4. The number of rotatable bonds is 5. The van der Waals surface area contributed by atoms with Crippen LogP contribution in [0.25, 0.3) is 0 Å². The highest BCUT2D eigenvalue weighted by atomic mass is 16.3. The Morgan fingerprint density at radius 2 is 2.11 bits per heavy atom. The summed E-state index contributed by atoms with van der Waals surface area (Å²) in [5, 5.41) is 13.0. The Kier molecular flexibility index (Phi) is 4.93. The maximum absolute atomic E-state index is 11.3. The number of carbonyl (C=O) groups excluding carboxylic acids is 1. The van der Waals surface area contributed by atoms with E-state index in [0.29, 0.717) is 0 Å². The van der Waals surface area contributed by atoms with Crippen molar-refractivity contribution in [2.45, 2.75) is 12.8 Å². The van der Waals surface area contributed by atoms with Gasteiger partial charge in [-0.3, -0.25) is 14.4 Å². The van der Waals surface area contributed by atoms with Crippen LogP contribution in [0, 0.1) is 0 Å². The summed E-state index contributed by atoms with van der Waals surface area (Å²) in [5.41, 5.74) is 1.27. The lowest BCUT2D eigenvalue weighted by molar-refractivity contribution is -0.135. The first-order valence-corrected chi connectivity index (χ1v) is 6.77. The minimum atomic E-state index is -0.374. The summed E-state index contributed by atoms with van der Waals surface area (Å²) < 4.78 is 1.83. The van der Waals surface area contributed by atoms with E-state index in [1.165, 1.54) is 5.56 Å². The van der Waals surface area contributed by atoms with Gasteiger partial charge in [-0.25, -0.2) is 0 Å². The van der Waals surface area contributed by atoms with E-state index in [2.05, 4.69) is 16.2 Å². The van der Waals surface area contributed by atoms with Gasteiger partial charge in [-0.05, 0) is 24.9 Å². The Morgan fingerprint density at radius 1 is 1.37 bits per heavy atom.